The molecule has 0 amide bonds. The summed E-state index contributed by atoms with van der Waals surface area (Å²) in [5.74, 6) is 0.444. The van der Waals surface area contributed by atoms with Gasteiger partial charge in [0.05, 0.1) is 7.11 Å². The topological polar surface area (TPSA) is 44.5 Å². The van der Waals surface area contributed by atoms with Crippen molar-refractivity contribution in [3.63, 3.8) is 0 Å². The molecule has 2 N–H and O–H groups in total. The zero-order valence-electron chi connectivity index (χ0n) is 11.0. The van der Waals surface area contributed by atoms with Crippen LogP contribution < -0.4 is 15.2 Å². The minimum atomic E-state index is -0.413. The van der Waals surface area contributed by atoms with Gasteiger partial charge in [-0.15, -0.1) is 0 Å². The Balaban J connectivity index is 2.10. The number of ether oxygens (including phenoxy) is 2. The van der Waals surface area contributed by atoms with Crippen molar-refractivity contribution >= 4 is 11.6 Å². The lowest BCUT2D eigenvalue weighted by molar-refractivity contribution is 0.301. The van der Waals surface area contributed by atoms with Gasteiger partial charge in [0.25, 0.3) is 0 Å². The van der Waals surface area contributed by atoms with Gasteiger partial charge >= 0.3 is 0 Å². The minimum absolute atomic E-state index is 0.211. The highest BCUT2D eigenvalue weighted by atomic mass is 35.5. The van der Waals surface area contributed by atoms with E-state index in [1.807, 2.05) is 0 Å². The van der Waals surface area contributed by atoms with Gasteiger partial charge in [0.2, 0.25) is 0 Å². The third-order valence-corrected chi connectivity index (χ3v) is 3.09. The van der Waals surface area contributed by atoms with Crippen LogP contribution in [0.3, 0.4) is 0 Å². The lowest BCUT2D eigenvalue weighted by Gasteiger charge is -2.11. The van der Waals surface area contributed by atoms with Crippen molar-refractivity contribution in [1.82, 2.24) is 0 Å². The van der Waals surface area contributed by atoms with Gasteiger partial charge in [-0.05, 0) is 35.9 Å². The van der Waals surface area contributed by atoms with E-state index >= 15 is 0 Å². The molecule has 0 radical (unpaired) electrons. The first-order valence-electron chi connectivity index (χ1n) is 6.07. The van der Waals surface area contributed by atoms with E-state index in [9.17, 15) is 4.39 Å². The predicted octanol–water partition coefficient (Wildman–Crippen LogP) is 3.53. The van der Waals surface area contributed by atoms with Crippen LogP contribution >= 0.6 is 11.6 Å². The summed E-state index contributed by atoms with van der Waals surface area (Å²) in [6.07, 6.45) is 0. The zero-order chi connectivity index (χ0) is 14.5. The lowest BCUT2D eigenvalue weighted by atomic mass is 10.2. The van der Waals surface area contributed by atoms with Gasteiger partial charge in [-0.3, -0.25) is 0 Å². The summed E-state index contributed by atoms with van der Waals surface area (Å²) in [6.45, 7) is 0.572. The van der Waals surface area contributed by atoms with E-state index in [-0.39, 0.29) is 12.4 Å². The van der Waals surface area contributed by atoms with E-state index in [2.05, 4.69) is 0 Å². The van der Waals surface area contributed by atoms with Crippen molar-refractivity contribution in [2.75, 3.05) is 7.11 Å². The quantitative estimate of drug-likeness (QED) is 0.918. The van der Waals surface area contributed by atoms with Gasteiger partial charge in [-0.1, -0.05) is 17.7 Å². The molecule has 0 bridgehead atoms. The van der Waals surface area contributed by atoms with Gasteiger partial charge in [0.1, 0.15) is 12.4 Å². The first-order valence-corrected chi connectivity index (χ1v) is 6.45. The van der Waals surface area contributed by atoms with Crippen LogP contribution in [0.15, 0.2) is 36.4 Å². The molecule has 0 unspecified atom stereocenters. The summed E-state index contributed by atoms with van der Waals surface area (Å²) < 4.78 is 24.1. The van der Waals surface area contributed by atoms with Crippen molar-refractivity contribution in [2.24, 2.45) is 5.73 Å². The normalized spacial score (nSPS) is 10.4. The van der Waals surface area contributed by atoms with Crippen LogP contribution in [0.25, 0.3) is 0 Å². The number of benzene rings is 2. The van der Waals surface area contributed by atoms with E-state index in [0.717, 1.165) is 5.56 Å². The molecular weight excluding hydrogens is 281 g/mol. The molecule has 20 heavy (non-hydrogen) atoms. The molecule has 3 nitrogen and oxygen atoms in total. The Morgan fingerprint density at radius 2 is 1.90 bits per heavy atom. The summed E-state index contributed by atoms with van der Waals surface area (Å²) >= 11 is 5.89. The third kappa shape index (κ3) is 3.40. The maximum atomic E-state index is 13.6. The fourth-order valence-corrected chi connectivity index (χ4v) is 2.00. The summed E-state index contributed by atoms with van der Waals surface area (Å²) in [6, 6.07) is 9.94. The molecule has 0 spiro atoms. The van der Waals surface area contributed by atoms with Crippen LogP contribution in [0.1, 0.15) is 11.1 Å². The highest BCUT2D eigenvalue weighted by Crippen LogP contribution is 2.24. The number of halogens is 2. The molecule has 0 aliphatic carbocycles. The molecular formula is C15H15ClFNO2. The van der Waals surface area contributed by atoms with Gasteiger partial charge < -0.3 is 15.2 Å². The zero-order valence-corrected chi connectivity index (χ0v) is 11.8. The molecule has 2 aromatic rings. The molecule has 2 aromatic carbocycles. The van der Waals surface area contributed by atoms with E-state index in [1.54, 1.807) is 30.3 Å². The first kappa shape index (κ1) is 14.6. The highest BCUT2D eigenvalue weighted by Gasteiger charge is 2.06. The number of hydrogen-bond acceptors (Lipinski definition) is 3. The fraction of sp³-hybridized carbons (Fsp3) is 0.200. The Hall–Kier alpha value is -1.78. The molecule has 0 saturated heterocycles. The van der Waals surface area contributed by atoms with Gasteiger partial charge in [0.15, 0.2) is 11.6 Å². The van der Waals surface area contributed by atoms with Crippen molar-refractivity contribution < 1.29 is 13.9 Å². The molecule has 0 heterocycles. The monoisotopic (exact) mass is 295 g/mol. The van der Waals surface area contributed by atoms with Gasteiger partial charge in [-0.2, -0.15) is 0 Å². The molecule has 5 heteroatoms. The Labute approximate surface area is 122 Å². The third-order valence-electron chi connectivity index (χ3n) is 2.85. The van der Waals surface area contributed by atoms with Crippen LogP contribution in [0.5, 0.6) is 11.5 Å². The maximum Gasteiger partial charge on any atom is 0.165 e. The van der Waals surface area contributed by atoms with Crippen LogP contribution in [0.4, 0.5) is 4.39 Å². The fourth-order valence-electron chi connectivity index (χ4n) is 1.81. The SMILES string of the molecule is COc1ccc(COc2ccc(Cl)cc2CN)cc1F. The number of methoxy groups -OCH3 is 1. The standard InChI is InChI=1S/C15H15ClFNO2/c1-19-15-4-2-10(6-13(15)17)9-20-14-5-3-12(16)7-11(14)8-18/h2-7H,8-9,18H2,1H3. The largest absolute Gasteiger partial charge is 0.494 e. The number of hydrogen-bond donors (Lipinski definition) is 1. The Bertz CT molecular complexity index is 604. The first-order chi connectivity index (χ1) is 9.63. The highest BCUT2D eigenvalue weighted by molar-refractivity contribution is 6.30. The Morgan fingerprint density at radius 3 is 2.55 bits per heavy atom. The summed E-state index contributed by atoms with van der Waals surface area (Å²) in [7, 11) is 1.43. The average molecular weight is 296 g/mol. The molecule has 106 valence electrons. The summed E-state index contributed by atoms with van der Waals surface area (Å²) in [4.78, 5) is 0. The van der Waals surface area contributed by atoms with Gasteiger partial charge in [0, 0.05) is 17.1 Å². The van der Waals surface area contributed by atoms with Crippen LogP contribution in [0.2, 0.25) is 5.02 Å². The van der Waals surface area contributed by atoms with E-state index in [4.69, 9.17) is 26.8 Å². The lowest BCUT2D eigenvalue weighted by Crippen LogP contribution is -2.03. The van der Waals surface area contributed by atoms with Crippen LogP contribution in [-0.4, -0.2) is 7.11 Å². The van der Waals surface area contributed by atoms with Crippen molar-refractivity contribution in [3.05, 3.63) is 58.4 Å². The summed E-state index contributed by atoms with van der Waals surface area (Å²) in [5.41, 5.74) is 7.16. The molecule has 0 aliphatic heterocycles. The molecule has 0 atom stereocenters. The molecule has 0 aromatic heterocycles. The number of rotatable bonds is 5. The second-order valence-electron chi connectivity index (χ2n) is 4.21. The van der Waals surface area contributed by atoms with Crippen molar-refractivity contribution in [2.45, 2.75) is 13.2 Å². The number of nitrogens with two attached hydrogens (primary N) is 1. The molecule has 0 fully saturated rings. The smallest absolute Gasteiger partial charge is 0.165 e. The summed E-state index contributed by atoms with van der Waals surface area (Å²) in [5, 5.41) is 0.605. The van der Waals surface area contributed by atoms with E-state index in [0.29, 0.717) is 22.9 Å². The molecule has 0 aliphatic rings. The Kier molecular flexibility index (Phi) is 4.82. The van der Waals surface area contributed by atoms with Crippen LogP contribution in [0, 0.1) is 5.82 Å². The maximum absolute atomic E-state index is 13.6. The van der Waals surface area contributed by atoms with E-state index < -0.39 is 5.82 Å². The average Bonchev–Trinajstić information content (AvgIpc) is 2.46. The second-order valence-corrected chi connectivity index (χ2v) is 4.65. The Morgan fingerprint density at radius 1 is 1.15 bits per heavy atom. The molecule has 0 saturated carbocycles. The predicted molar refractivity (Wildman–Crippen MR) is 76.6 cm³/mol. The minimum Gasteiger partial charge on any atom is -0.494 e. The van der Waals surface area contributed by atoms with Crippen LogP contribution in [-0.2, 0) is 13.2 Å². The van der Waals surface area contributed by atoms with Crippen molar-refractivity contribution in [3.8, 4) is 11.5 Å². The van der Waals surface area contributed by atoms with Gasteiger partial charge in [-0.25, -0.2) is 4.39 Å². The molecule has 2 rings (SSSR count). The van der Waals surface area contributed by atoms with E-state index in [1.165, 1.54) is 13.2 Å². The second kappa shape index (κ2) is 6.59. The van der Waals surface area contributed by atoms with Crippen molar-refractivity contribution in [1.29, 1.82) is 0 Å².